The summed E-state index contributed by atoms with van der Waals surface area (Å²) in [5.41, 5.74) is 0. The van der Waals surface area contributed by atoms with E-state index in [1.807, 2.05) is 0 Å². The van der Waals surface area contributed by atoms with Crippen molar-refractivity contribution in [1.82, 2.24) is 0 Å². The van der Waals surface area contributed by atoms with Gasteiger partial charge in [0, 0.05) is 41.7 Å². The van der Waals surface area contributed by atoms with E-state index < -0.39 is 10.4 Å². The predicted molar refractivity (Wildman–Crippen MR) is 23.2 cm³/mol. The van der Waals surface area contributed by atoms with Crippen molar-refractivity contribution in [2.75, 3.05) is 6.61 Å². The fraction of sp³-hybridized carbons (Fsp3) is 1.00. The van der Waals surface area contributed by atoms with Gasteiger partial charge in [-0.2, -0.15) is 8.42 Å². The second-order valence-electron chi connectivity index (χ2n) is 0.834. The van der Waals surface area contributed by atoms with Gasteiger partial charge in [-0.1, -0.05) is 0 Å². The van der Waals surface area contributed by atoms with E-state index >= 15 is 0 Å². The second kappa shape index (κ2) is 5.07. The average Bonchev–Trinajstić information content (AvgIpc) is 1.30. The summed E-state index contributed by atoms with van der Waals surface area (Å²) in [6.07, 6.45) is 0. The van der Waals surface area contributed by atoms with Crippen LogP contribution >= 0.6 is 0 Å². The van der Waals surface area contributed by atoms with Crippen LogP contribution in [-0.4, -0.2) is 19.6 Å². The Bertz CT molecular complexity index is 127. The smallest absolute Gasteiger partial charge is 0.264 e. The van der Waals surface area contributed by atoms with Crippen molar-refractivity contribution in [1.29, 1.82) is 0 Å². The molecule has 0 aromatic heterocycles. The van der Waals surface area contributed by atoms with Crippen molar-refractivity contribution in [3.8, 4) is 0 Å². The van der Waals surface area contributed by atoms with Crippen molar-refractivity contribution in [2.24, 2.45) is 0 Å². The van der Waals surface area contributed by atoms with Gasteiger partial charge in [-0.05, 0) is 6.92 Å². The second-order valence-corrected chi connectivity index (χ2v) is 1.93. The van der Waals surface area contributed by atoms with E-state index in [1.54, 1.807) is 0 Å². The van der Waals surface area contributed by atoms with Crippen LogP contribution in [0.1, 0.15) is 6.92 Å². The molecule has 48 valence electrons. The molecule has 0 atom stereocenters. The first-order chi connectivity index (χ1) is 3.06. The van der Waals surface area contributed by atoms with E-state index in [-0.39, 0.29) is 48.4 Å². The van der Waals surface area contributed by atoms with Crippen LogP contribution in [-0.2, 0) is 14.6 Å². The Morgan fingerprint density at radius 1 is 1.62 bits per heavy atom. The molecule has 0 rings (SSSR count). The minimum absolute atomic E-state index is 0. The molecule has 0 saturated carbocycles. The van der Waals surface area contributed by atoms with Gasteiger partial charge in [0.05, 0.1) is 6.61 Å². The fourth-order valence-corrected chi connectivity index (χ4v) is 0.447. The first kappa shape index (κ1) is 12.0. The Hall–Kier alpha value is 1.25. The minimum atomic E-state index is -4.17. The molecule has 0 saturated heterocycles. The van der Waals surface area contributed by atoms with Crippen LogP contribution in [0.25, 0.3) is 0 Å². The molecule has 0 spiro atoms. The molecule has 0 aliphatic rings. The Kier molecular flexibility index (Phi) is 7.58. The summed E-state index contributed by atoms with van der Waals surface area (Å²) in [6, 6.07) is 0. The maximum Gasteiger partial charge on any atom is 0.397 e. The molecule has 0 heterocycles. The summed E-state index contributed by atoms with van der Waals surface area (Å²) in [4.78, 5) is 0. The summed E-state index contributed by atoms with van der Waals surface area (Å²) < 4.78 is 30.7. The molecule has 0 unspecified atom stereocenters. The molecular weight excluding hydrogens is 260 g/mol. The van der Waals surface area contributed by atoms with Crippen molar-refractivity contribution < 1.29 is 58.9 Å². The standard InChI is InChI=1S/C2H6O4S.Ce/c1-2-6-7(3,4)5;/h2H2,1H3,(H,3,4,5);. The van der Waals surface area contributed by atoms with E-state index in [2.05, 4.69) is 4.18 Å². The summed E-state index contributed by atoms with van der Waals surface area (Å²) in [6.45, 7) is 1.44. The quantitative estimate of drug-likeness (QED) is 0.705. The van der Waals surface area contributed by atoms with Gasteiger partial charge >= 0.3 is 10.4 Å². The molecule has 6 heteroatoms. The first-order valence-electron chi connectivity index (χ1n) is 1.68. The number of hydrogen-bond donors (Lipinski definition) is 1. The van der Waals surface area contributed by atoms with Crippen LogP contribution in [0.2, 0.25) is 0 Å². The van der Waals surface area contributed by atoms with Crippen molar-refractivity contribution in [3.05, 3.63) is 0 Å². The average molecular weight is 266 g/mol. The molecule has 0 radical (unpaired) electrons. The topological polar surface area (TPSA) is 63.6 Å². The van der Waals surface area contributed by atoms with Gasteiger partial charge in [-0.15, -0.1) is 0 Å². The zero-order valence-corrected chi connectivity index (χ0v) is 8.24. The Morgan fingerprint density at radius 2 is 2.00 bits per heavy atom. The molecule has 1 N–H and O–H groups in total. The summed E-state index contributed by atoms with van der Waals surface area (Å²) in [5.74, 6) is 0. The van der Waals surface area contributed by atoms with Gasteiger partial charge in [-0.3, -0.25) is 4.55 Å². The summed E-state index contributed by atoms with van der Waals surface area (Å²) >= 11 is 0. The van der Waals surface area contributed by atoms with E-state index in [4.69, 9.17) is 4.55 Å². The Balaban J connectivity index is 0. The van der Waals surface area contributed by atoms with Gasteiger partial charge in [0.25, 0.3) is 0 Å². The van der Waals surface area contributed by atoms with Gasteiger partial charge in [0.15, 0.2) is 0 Å². The van der Waals surface area contributed by atoms with Crippen molar-refractivity contribution in [3.63, 3.8) is 0 Å². The molecule has 0 aliphatic carbocycles. The molecule has 4 nitrogen and oxygen atoms in total. The summed E-state index contributed by atoms with van der Waals surface area (Å²) in [5, 5.41) is 0. The van der Waals surface area contributed by atoms with Crippen LogP contribution in [0, 0.1) is 41.7 Å². The molecule has 0 aromatic rings. The molecule has 0 fully saturated rings. The van der Waals surface area contributed by atoms with Crippen LogP contribution in [0.3, 0.4) is 0 Å². The predicted octanol–water partition coefficient (Wildman–Crippen LogP) is -0.174. The largest absolute Gasteiger partial charge is 0.397 e. The van der Waals surface area contributed by atoms with E-state index in [9.17, 15) is 8.42 Å². The molecular formula is C2H6CeO4S. The molecule has 0 bridgehead atoms. The van der Waals surface area contributed by atoms with Crippen LogP contribution in [0.4, 0.5) is 0 Å². The number of rotatable bonds is 2. The Labute approximate surface area is 81.9 Å². The van der Waals surface area contributed by atoms with Crippen LogP contribution < -0.4 is 0 Å². The zero-order chi connectivity index (χ0) is 5.91. The van der Waals surface area contributed by atoms with Gasteiger partial charge in [0.1, 0.15) is 0 Å². The van der Waals surface area contributed by atoms with E-state index in [0.29, 0.717) is 0 Å². The third kappa shape index (κ3) is 10.3. The van der Waals surface area contributed by atoms with Crippen molar-refractivity contribution >= 4 is 10.4 Å². The molecule has 0 amide bonds. The van der Waals surface area contributed by atoms with E-state index in [1.165, 1.54) is 6.92 Å². The van der Waals surface area contributed by atoms with Crippen LogP contribution in [0.15, 0.2) is 0 Å². The van der Waals surface area contributed by atoms with E-state index in [0.717, 1.165) is 0 Å². The van der Waals surface area contributed by atoms with Gasteiger partial charge < -0.3 is 0 Å². The van der Waals surface area contributed by atoms with Crippen molar-refractivity contribution in [2.45, 2.75) is 6.92 Å². The monoisotopic (exact) mass is 266 g/mol. The van der Waals surface area contributed by atoms with Gasteiger partial charge in [-0.25, -0.2) is 4.18 Å². The molecule has 0 aromatic carbocycles. The maximum atomic E-state index is 9.56. The van der Waals surface area contributed by atoms with Gasteiger partial charge in [0.2, 0.25) is 0 Å². The third-order valence-corrected chi connectivity index (χ3v) is 0.800. The van der Waals surface area contributed by atoms with Crippen LogP contribution in [0.5, 0.6) is 0 Å². The third-order valence-electron chi connectivity index (χ3n) is 0.267. The fourth-order valence-electron chi connectivity index (χ4n) is 0.149. The Morgan fingerprint density at radius 3 is 2.00 bits per heavy atom. The molecule has 8 heavy (non-hydrogen) atoms. The normalized spacial score (nSPS) is 10.2. The molecule has 0 aliphatic heterocycles. The minimum Gasteiger partial charge on any atom is -0.264 e. The summed E-state index contributed by atoms with van der Waals surface area (Å²) in [7, 11) is -4.17. The zero-order valence-electron chi connectivity index (χ0n) is 4.29. The first-order valence-corrected chi connectivity index (χ1v) is 3.04. The maximum absolute atomic E-state index is 9.56. The SMILES string of the molecule is CCOS(=O)(=O)O.[Ce]. The number of hydrogen-bond acceptors (Lipinski definition) is 3.